The molecule has 2 aliphatic heterocycles. The minimum atomic E-state index is -0.139. The van der Waals surface area contributed by atoms with Crippen molar-refractivity contribution in [3.05, 3.63) is 0 Å². The second kappa shape index (κ2) is 10.8. The Bertz CT molecular complexity index is 469. The van der Waals surface area contributed by atoms with Gasteiger partial charge >= 0.3 is 6.09 Å². The van der Waals surface area contributed by atoms with Crippen molar-refractivity contribution in [2.24, 2.45) is 5.92 Å². The summed E-state index contributed by atoms with van der Waals surface area (Å²) in [7, 11) is 2.08. The highest BCUT2D eigenvalue weighted by Crippen LogP contribution is 2.27. The van der Waals surface area contributed by atoms with E-state index >= 15 is 0 Å². The Morgan fingerprint density at radius 3 is 2.32 bits per heavy atom. The van der Waals surface area contributed by atoms with E-state index in [9.17, 15) is 4.79 Å². The topological polar surface area (TPSA) is 56.8 Å². The Kier molecular flexibility index (Phi) is 8.42. The summed E-state index contributed by atoms with van der Waals surface area (Å²) in [6.07, 6.45) is 10.0. The van der Waals surface area contributed by atoms with Crippen LogP contribution in [0.2, 0.25) is 0 Å². The van der Waals surface area contributed by atoms with E-state index in [2.05, 4.69) is 22.6 Å². The van der Waals surface area contributed by atoms with Gasteiger partial charge in [0.15, 0.2) is 0 Å². The Labute approximate surface area is 171 Å². The van der Waals surface area contributed by atoms with Crippen molar-refractivity contribution in [1.82, 2.24) is 20.4 Å². The maximum atomic E-state index is 12.1. The number of carbonyl (C=O) groups excluding carboxylic acids is 1. The zero-order chi connectivity index (χ0) is 19.9. The van der Waals surface area contributed by atoms with Gasteiger partial charge in [0.2, 0.25) is 0 Å². The summed E-state index contributed by atoms with van der Waals surface area (Å²) in [6.45, 7) is 9.04. The molecular weight excluding hydrogens is 352 g/mol. The van der Waals surface area contributed by atoms with Crippen LogP contribution in [0.3, 0.4) is 0 Å². The number of piperidine rings is 2. The monoisotopic (exact) mass is 394 g/mol. The molecule has 1 saturated carbocycles. The van der Waals surface area contributed by atoms with Crippen LogP contribution in [0.4, 0.5) is 4.79 Å². The molecule has 0 aromatic rings. The number of nitrogens with one attached hydrogen (secondary N) is 2. The van der Waals surface area contributed by atoms with Crippen molar-refractivity contribution in [2.45, 2.75) is 89.4 Å². The molecule has 2 saturated heterocycles. The minimum Gasteiger partial charge on any atom is -0.447 e. The van der Waals surface area contributed by atoms with Gasteiger partial charge in [0.1, 0.15) is 0 Å². The number of likely N-dealkylation sites (tertiary alicyclic amines) is 2. The number of rotatable bonds is 6. The summed E-state index contributed by atoms with van der Waals surface area (Å²) in [5.74, 6) is 0.798. The van der Waals surface area contributed by atoms with Crippen molar-refractivity contribution >= 4 is 6.09 Å². The van der Waals surface area contributed by atoms with Gasteiger partial charge in [0.25, 0.3) is 0 Å². The normalized spacial score (nSPS) is 28.6. The van der Waals surface area contributed by atoms with Gasteiger partial charge in [-0.2, -0.15) is 0 Å². The van der Waals surface area contributed by atoms with Gasteiger partial charge in [-0.05, 0) is 85.0 Å². The fourth-order valence-electron chi connectivity index (χ4n) is 5.36. The van der Waals surface area contributed by atoms with Crippen LogP contribution in [0.1, 0.15) is 65.2 Å². The van der Waals surface area contributed by atoms with E-state index in [4.69, 9.17) is 4.74 Å². The van der Waals surface area contributed by atoms with Crippen molar-refractivity contribution in [1.29, 1.82) is 0 Å². The molecule has 3 rings (SSSR count). The molecule has 2 heterocycles. The number of hydrogen-bond acceptors (Lipinski definition) is 5. The average Bonchev–Trinajstić information content (AvgIpc) is 2.70. The van der Waals surface area contributed by atoms with Gasteiger partial charge in [-0.15, -0.1) is 0 Å². The quantitative estimate of drug-likeness (QED) is 0.725. The molecule has 0 aromatic carbocycles. The summed E-state index contributed by atoms with van der Waals surface area (Å²) >= 11 is 0. The van der Waals surface area contributed by atoms with Crippen molar-refractivity contribution in [3.8, 4) is 0 Å². The smallest absolute Gasteiger partial charge is 0.410 e. The SMILES string of the molecule is CNC[C@H]1CCCC[C@@H]1NC1CCN(C2CCN(C(=O)OC(C)C)CC2)CC1. The lowest BCUT2D eigenvalue weighted by Gasteiger charge is -2.43. The third-order valence-electron chi connectivity index (χ3n) is 6.93. The molecule has 6 heteroatoms. The van der Waals surface area contributed by atoms with Gasteiger partial charge in [-0.25, -0.2) is 4.79 Å². The average molecular weight is 395 g/mol. The first-order chi connectivity index (χ1) is 13.6. The molecule has 0 spiro atoms. The largest absolute Gasteiger partial charge is 0.447 e. The summed E-state index contributed by atoms with van der Waals surface area (Å²) in [4.78, 5) is 16.6. The zero-order valence-electron chi connectivity index (χ0n) is 18.3. The second-order valence-corrected chi connectivity index (χ2v) is 9.34. The van der Waals surface area contributed by atoms with E-state index in [1.165, 1.54) is 51.6 Å². The van der Waals surface area contributed by atoms with Crippen LogP contribution in [-0.2, 0) is 4.74 Å². The molecule has 0 aromatic heterocycles. The van der Waals surface area contributed by atoms with Crippen LogP contribution in [0.5, 0.6) is 0 Å². The first-order valence-electron chi connectivity index (χ1n) is 11.7. The van der Waals surface area contributed by atoms with Crippen LogP contribution < -0.4 is 10.6 Å². The van der Waals surface area contributed by atoms with Crippen LogP contribution in [0, 0.1) is 5.92 Å². The van der Waals surface area contributed by atoms with Gasteiger partial charge < -0.3 is 25.2 Å². The van der Waals surface area contributed by atoms with Crippen molar-refractivity contribution in [2.75, 3.05) is 39.8 Å². The lowest BCUT2D eigenvalue weighted by atomic mass is 9.83. The number of amides is 1. The molecule has 1 amide bonds. The lowest BCUT2D eigenvalue weighted by molar-refractivity contribution is 0.0480. The number of carbonyl (C=O) groups is 1. The molecule has 0 radical (unpaired) electrons. The highest BCUT2D eigenvalue weighted by atomic mass is 16.6. The van der Waals surface area contributed by atoms with E-state index in [0.717, 1.165) is 38.4 Å². The third kappa shape index (κ3) is 6.07. The van der Waals surface area contributed by atoms with E-state index in [1.807, 2.05) is 18.7 Å². The molecule has 2 N–H and O–H groups in total. The fourth-order valence-corrected chi connectivity index (χ4v) is 5.36. The molecule has 1 aliphatic carbocycles. The molecular formula is C22H42N4O2. The van der Waals surface area contributed by atoms with Crippen LogP contribution in [0.25, 0.3) is 0 Å². The molecule has 2 atom stereocenters. The Morgan fingerprint density at radius 1 is 1.00 bits per heavy atom. The molecule has 0 unspecified atom stereocenters. The predicted octanol–water partition coefficient (Wildman–Crippen LogP) is 2.83. The Morgan fingerprint density at radius 2 is 1.68 bits per heavy atom. The van der Waals surface area contributed by atoms with Crippen LogP contribution >= 0.6 is 0 Å². The Balaban J connectivity index is 1.38. The standard InChI is InChI=1S/C22H42N4O2/c1-17(2)28-22(27)26-14-10-20(11-15-26)25-12-8-19(9-13-25)24-21-7-5-4-6-18(21)16-23-3/h17-21,23-24H,4-16H2,1-3H3/t18-,21+/m1/s1. The minimum absolute atomic E-state index is 0.0337. The molecule has 6 nitrogen and oxygen atoms in total. The Hall–Kier alpha value is -0.850. The number of hydrogen-bond donors (Lipinski definition) is 2. The van der Waals surface area contributed by atoms with E-state index in [1.54, 1.807) is 0 Å². The molecule has 162 valence electrons. The fraction of sp³-hybridized carbons (Fsp3) is 0.955. The zero-order valence-corrected chi connectivity index (χ0v) is 18.3. The van der Waals surface area contributed by atoms with Gasteiger partial charge in [0, 0.05) is 31.2 Å². The first kappa shape index (κ1) is 21.8. The summed E-state index contributed by atoms with van der Waals surface area (Å²) in [6, 6.07) is 2.02. The summed E-state index contributed by atoms with van der Waals surface area (Å²) in [5, 5.41) is 7.41. The van der Waals surface area contributed by atoms with Gasteiger partial charge in [-0.3, -0.25) is 0 Å². The van der Waals surface area contributed by atoms with E-state index in [-0.39, 0.29) is 12.2 Å². The maximum absolute atomic E-state index is 12.1. The maximum Gasteiger partial charge on any atom is 0.410 e. The summed E-state index contributed by atoms with van der Waals surface area (Å²) < 4.78 is 5.34. The van der Waals surface area contributed by atoms with Crippen LogP contribution in [0.15, 0.2) is 0 Å². The van der Waals surface area contributed by atoms with Crippen molar-refractivity contribution < 1.29 is 9.53 Å². The van der Waals surface area contributed by atoms with Gasteiger partial charge in [0.05, 0.1) is 6.10 Å². The van der Waals surface area contributed by atoms with Crippen LogP contribution in [-0.4, -0.2) is 79.9 Å². The third-order valence-corrected chi connectivity index (χ3v) is 6.93. The molecule has 3 fully saturated rings. The van der Waals surface area contributed by atoms with E-state index < -0.39 is 0 Å². The molecule has 28 heavy (non-hydrogen) atoms. The number of ether oxygens (including phenoxy) is 1. The highest BCUT2D eigenvalue weighted by Gasteiger charge is 2.32. The highest BCUT2D eigenvalue weighted by molar-refractivity contribution is 5.67. The predicted molar refractivity (Wildman–Crippen MR) is 114 cm³/mol. The summed E-state index contributed by atoms with van der Waals surface area (Å²) in [5.41, 5.74) is 0. The first-order valence-corrected chi connectivity index (χ1v) is 11.7. The lowest BCUT2D eigenvalue weighted by Crippen LogP contribution is -2.54. The van der Waals surface area contributed by atoms with Gasteiger partial charge in [-0.1, -0.05) is 12.8 Å². The van der Waals surface area contributed by atoms with Crippen molar-refractivity contribution in [3.63, 3.8) is 0 Å². The number of nitrogens with zero attached hydrogens (tertiary/aromatic N) is 2. The van der Waals surface area contributed by atoms with E-state index in [0.29, 0.717) is 18.1 Å². The second-order valence-electron chi connectivity index (χ2n) is 9.34. The molecule has 3 aliphatic rings. The molecule has 0 bridgehead atoms.